The summed E-state index contributed by atoms with van der Waals surface area (Å²) in [6, 6.07) is -0.720. The average Bonchev–Trinajstić information content (AvgIpc) is 3.29. The molecule has 1 amide bonds. The lowest BCUT2D eigenvalue weighted by molar-refractivity contribution is -0.151. The smallest absolute Gasteiger partial charge is 0.306 e. The van der Waals surface area contributed by atoms with Gasteiger partial charge in [-0.2, -0.15) is 0 Å². The van der Waals surface area contributed by atoms with E-state index in [0.717, 1.165) is 89.9 Å². The van der Waals surface area contributed by atoms with Gasteiger partial charge < -0.3 is 20.3 Å². The fourth-order valence-electron chi connectivity index (χ4n) is 7.93. The van der Waals surface area contributed by atoms with Gasteiger partial charge in [0.25, 0.3) is 0 Å². The van der Waals surface area contributed by atoms with Crippen LogP contribution in [0.15, 0.2) is 72.9 Å². The van der Waals surface area contributed by atoms with Crippen molar-refractivity contribution in [3.05, 3.63) is 72.9 Å². The summed E-state index contributed by atoms with van der Waals surface area (Å²) in [6.07, 6.45) is 65.4. The molecule has 0 spiro atoms. The van der Waals surface area contributed by atoms with Crippen LogP contribution in [0.1, 0.15) is 258 Å². The number of amides is 1. The molecule has 0 saturated carbocycles. The molecule has 3 atom stereocenters. The van der Waals surface area contributed by atoms with E-state index in [-0.39, 0.29) is 24.9 Å². The van der Waals surface area contributed by atoms with E-state index in [1.807, 2.05) is 0 Å². The van der Waals surface area contributed by atoms with Crippen LogP contribution in [0.5, 0.6) is 0 Å². The number of carbonyl (C=O) groups is 2. The molecule has 0 bridgehead atoms. The number of rotatable bonds is 48. The summed E-state index contributed by atoms with van der Waals surface area (Å²) in [5.74, 6) is -0.557. The number of nitrogens with one attached hydrogen (secondary N) is 1. The summed E-state index contributed by atoms with van der Waals surface area (Å²) in [5.41, 5.74) is 0. The minimum Gasteiger partial charge on any atom is -0.462 e. The lowest BCUT2D eigenvalue weighted by atomic mass is 10.0. The first-order chi connectivity index (χ1) is 31.5. The minimum absolute atomic E-state index is 0.0426. The molecule has 0 aliphatic rings. The van der Waals surface area contributed by atoms with E-state index in [4.69, 9.17) is 4.74 Å². The Hall–Kier alpha value is -2.70. The van der Waals surface area contributed by atoms with E-state index in [1.165, 1.54) is 116 Å². The van der Waals surface area contributed by atoms with E-state index in [0.29, 0.717) is 25.7 Å². The molecule has 0 aromatic rings. The van der Waals surface area contributed by atoms with Gasteiger partial charge in [-0.05, 0) is 89.9 Å². The molecule has 0 rings (SSSR count). The second-order valence-electron chi connectivity index (χ2n) is 18.2. The standard InChI is InChI=1S/C58H103NO5/c1-4-7-10-13-16-19-22-25-28-29-30-33-36-39-42-45-48-51-58(63)64-54(49-46-43-40-37-34-31-26-23-20-17-14-11-8-5-2)52-57(62)59-55(53-60)56(61)50-47-44-41-38-35-32-27-24-21-18-15-12-9-6-3/h7,10,16,19,25,28,30-31,33-34,39,42,54-56,60-61H,4-6,8-9,11-15,17-18,20-24,26-27,29,32,35-38,40-41,43-53H2,1-3H3,(H,59,62)/b10-7-,19-16-,28-25-,33-30-,34-31+,42-39-. The highest BCUT2D eigenvalue weighted by molar-refractivity contribution is 5.77. The topological polar surface area (TPSA) is 95.9 Å². The third-order valence-electron chi connectivity index (χ3n) is 12.0. The van der Waals surface area contributed by atoms with E-state index in [2.05, 4.69) is 99.0 Å². The van der Waals surface area contributed by atoms with Crippen molar-refractivity contribution in [2.24, 2.45) is 0 Å². The summed E-state index contributed by atoms with van der Waals surface area (Å²) < 4.78 is 5.91. The van der Waals surface area contributed by atoms with Gasteiger partial charge in [0.1, 0.15) is 6.10 Å². The molecule has 0 aromatic carbocycles. The number of esters is 1. The van der Waals surface area contributed by atoms with Crippen LogP contribution in [0.3, 0.4) is 0 Å². The molecule has 0 heterocycles. The fraction of sp³-hybridized carbons (Fsp3) is 0.759. The Labute approximate surface area is 396 Å². The molecule has 3 N–H and O–H groups in total. The van der Waals surface area contributed by atoms with E-state index in [9.17, 15) is 19.8 Å². The van der Waals surface area contributed by atoms with E-state index in [1.54, 1.807) is 0 Å². The highest BCUT2D eigenvalue weighted by atomic mass is 16.5. The average molecular weight is 894 g/mol. The maximum absolute atomic E-state index is 13.2. The Morgan fingerprint density at radius 2 is 0.844 bits per heavy atom. The number of carbonyl (C=O) groups excluding carboxylic acids is 2. The summed E-state index contributed by atoms with van der Waals surface area (Å²) in [6.45, 7) is 6.36. The van der Waals surface area contributed by atoms with Crippen LogP contribution >= 0.6 is 0 Å². The molecule has 6 heteroatoms. The van der Waals surface area contributed by atoms with Crippen LogP contribution in [0, 0.1) is 0 Å². The predicted octanol–water partition coefficient (Wildman–Crippen LogP) is 16.6. The van der Waals surface area contributed by atoms with Crippen LogP contribution in [0.4, 0.5) is 0 Å². The van der Waals surface area contributed by atoms with Gasteiger partial charge in [-0.15, -0.1) is 0 Å². The quantitative estimate of drug-likeness (QED) is 0.0321. The molecular formula is C58H103NO5. The Balaban J connectivity index is 4.68. The number of ether oxygens (including phenoxy) is 1. The normalized spacial score (nSPS) is 13.8. The third-order valence-corrected chi connectivity index (χ3v) is 12.0. The monoisotopic (exact) mass is 894 g/mol. The van der Waals surface area contributed by atoms with Crippen molar-refractivity contribution in [2.75, 3.05) is 6.61 Å². The second-order valence-corrected chi connectivity index (χ2v) is 18.2. The van der Waals surface area contributed by atoms with Gasteiger partial charge in [0.2, 0.25) is 5.91 Å². The van der Waals surface area contributed by atoms with Gasteiger partial charge >= 0.3 is 5.97 Å². The molecule has 370 valence electrons. The third kappa shape index (κ3) is 45.9. The van der Waals surface area contributed by atoms with Crippen molar-refractivity contribution in [3.8, 4) is 0 Å². The van der Waals surface area contributed by atoms with Crippen molar-refractivity contribution >= 4 is 11.9 Å². The maximum atomic E-state index is 13.2. The number of aliphatic hydroxyl groups is 2. The predicted molar refractivity (Wildman–Crippen MR) is 278 cm³/mol. The second kappa shape index (κ2) is 51.3. The molecule has 0 aromatic heterocycles. The van der Waals surface area contributed by atoms with E-state index >= 15 is 0 Å². The number of unbranched alkanes of at least 4 members (excludes halogenated alkanes) is 24. The molecule has 3 unspecified atom stereocenters. The van der Waals surface area contributed by atoms with Crippen LogP contribution in [0.25, 0.3) is 0 Å². The first-order valence-electron chi connectivity index (χ1n) is 27.2. The number of aliphatic hydroxyl groups excluding tert-OH is 2. The highest BCUT2D eigenvalue weighted by Crippen LogP contribution is 2.17. The van der Waals surface area contributed by atoms with Crippen molar-refractivity contribution in [3.63, 3.8) is 0 Å². The maximum Gasteiger partial charge on any atom is 0.306 e. The molecule has 0 aliphatic heterocycles. The van der Waals surface area contributed by atoms with Gasteiger partial charge in [-0.1, -0.05) is 229 Å². The fourth-order valence-corrected chi connectivity index (χ4v) is 7.93. The zero-order valence-electron chi connectivity index (χ0n) is 42.1. The Morgan fingerprint density at radius 3 is 1.31 bits per heavy atom. The van der Waals surface area contributed by atoms with E-state index < -0.39 is 18.2 Å². The molecule has 6 nitrogen and oxygen atoms in total. The molecule has 0 saturated heterocycles. The van der Waals surface area contributed by atoms with Gasteiger partial charge in [-0.3, -0.25) is 9.59 Å². The van der Waals surface area contributed by atoms with Crippen molar-refractivity contribution in [1.82, 2.24) is 5.32 Å². The van der Waals surface area contributed by atoms with Gasteiger partial charge in [0, 0.05) is 6.42 Å². The molecule has 0 fully saturated rings. The Bertz CT molecular complexity index is 1190. The zero-order valence-corrected chi connectivity index (χ0v) is 42.1. The van der Waals surface area contributed by atoms with Gasteiger partial charge in [0.15, 0.2) is 0 Å². The summed E-state index contributed by atoms with van der Waals surface area (Å²) in [5, 5.41) is 23.8. The Kier molecular flexibility index (Phi) is 49.1. The molecule has 0 radical (unpaired) electrons. The molecule has 0 aliphatic carbocycles. The first-order valence-corrected chi connectivity index (χ1v) is 27.2. The lowest BCUT2D eigenvalue weighted by Crippen LogP contribution is -2.46. The largest absolute Gasteiger partial charge is 0.462 e. The summed E-state index contributed by atoms with van der Waals surface area (Å²) in [7, 11) is 0. The van der Waals surface area contributed by atoms with Crippen LogP contribution < -0.4 is 5.32 Å². The minimum atomic E-state index is -0.804. The van der Waals surface area contributed by atoms with Crippen LogP contribution in [-0.2, 0) is 14.3 Å². The lowest BCUT2D eigenvalue weighted by Gasteiger charge is -2.24. The van der Waals surface area contributed by atoms with Crippen LogP contribution in [0.2, 0.25) is 0 Å². The molecule has 64 heavy (non-hydrogen) atoms. The number of hydrogen-bond acceptors (Lipinski definition) is 5. The Morgan fingerprint density at radius 1 is 0.469 bits per heavy atom. The molecular weight excluding hydrogens is 791 g/mol. The van der Waals surface area contributed by atoms with Crippen molar-refractivity contribution in [1.29, 1.82) is 0 Å². The van der Waals surface area contributed by atoms with Gasteiger partial charge in [0.05, 0.1) is 25.2 Å². The van der Waals surface area contributed by atoms with Crippen molar-refractivity contribution < 1.29 is 24.5 Å². The first kappa shape index (κ1) is 61.3. The zero-order chi connectivity index (χ0) is 46.7. The van der Waals surface area contributed by atoms with Gasteiger partial charge in [-0.25, -0.2) is 0 Å². The summed E-state index contributed by atoms with van der Waals surface area (Å²) in [4.78, 5) is 26.2. The van der Waals surface area contributed by atoms with Crippen LogP contribution in [-0.4, -0.2) is 46.9 Å². The highest BCUT2D eigenvalue weighted by Gasteiger charge is 2.24. The SMILES string of the molecule is CC/C=C\C/C=C\C/C=C\C/C=C\C/C=C\CCCC(=O)OC(CCCCC/C=C/CCCCCCCCC)CC(=O)NC(CO)C(O)CCCCCCCCCCCCCCCC. The summed E-state index contributed by atoms with van der Waals surface area (Å²) >= 11 is 0. The number of allylic oxidation sites excluding steroid dienone is 12. The number of hydrogen-bond donors (Lipinski definition) is 3. The van der Waals surface area contributed by atoms with Crippen molar-refractivity contribution in [2.45, 2.75) is 277 Å².